The number of aromatic nitrogens is 1. The molecule has 0 saturated carbocycles. The molecule has 1 aliphatic heterocycles. The van der Waals surface area contributed by atoms with Crippen LogP contribution in [0.15, 0.2) is 10.9 Å². The predicted octanol–water partition coefficient (Wildman–Crippen LogP) is 0.000300. The van der Waals surface area contributed by atoms with E-state index in [1.807, 2.05) is 7.05 Å². The highest BCUT2D eigenvalue weighted by Crippen LogP contribution is 2.17. The highest BCUT2D eigenvalue weighted by molar-refractivity contribution is 5.70. The van der Waals surface area contributed by atoms with E-state index in [-0.39, 0.29) is 12.0 Å². The summed E-state index contributed by atoms with van der Waals surface area (Å²) in [4.78, 5) is 24.8. The van der Waals surface area contributed by atoms with E-state index >= 15 is 0 Å². The summed E-state index contributed by atoms with van der Waals surface area (Å²) in [6.07, 6.45) is 0.634. The van der Waals surface area contributed by atoms with Crippen LogP contribution >= 0.6 is 0 Å². The number of hydrogen-bond donors (Lipinski definition) is 1. The molecule has 1 aromatic rings. The van der Waals surface area contributed by atoms with Gasteiger partial charge in [-0.3, -0.25) is 9.59 Å². The van der Waals surface area contributed by atoms with Crippen molar-refractivity contribution < 1.29 is 9.90 Å². The lowest BCUT2D eigenvalue weighted by molar-refractivity contribution is -0.136. The molecule has 1 aromatic heterocycles. The van der Waals surface area contributed by atoms with Crippen molar-refractivity contribution in [3.8, 4) is 0 Å². The SMILES string of the molecule is CN1CCc2c(cc(CC(=O)O)c(=O)n2C)C1. The summed E-state index contributed by atoms with van der Waals surface area (Å²) >= 11 is 0. The Morgan fingerprint density at radius 3 is 2.82 bits per heavy atom. The van der Waals surface area contributed by atoms with Crippen LogP contribution in [0.4, 0.5) is 0 Å². The van der Waals surface area contributed by atoms with Crippen LogP contribution in [-0.4, -0.2) is 34.1 Å². The van der Waals surface area contributed by atoms with E-state index in [1.54, 1.807) is 17.7 Å². The number of hydrogen-bond acceptors (Lipinski definition) is 3. The fourth-order valence-electron chi connectivity index (χ4n) is 2.33. The Hall–Kier alpha value is -1.62. The van der Waals surface area contributed by atoms with Gasteiger partial charge in [0, 0.05) is 37.8 Å². The van der Waals surface area contributed by atoms with Crippen LogP contribution in [0, 0.1) is 0 Å². The molecule has 0 bridgehead atoms. The van der Waals surface area contributed by atoms with Gasteiger partial charge in [0.25, 0.3) is 5.56 Å². The molecule has 0 aromatic carbocycles. The molecule has 5 nitrogen and oxygen atoms in total. The summed E-state index contributed by atoms with van der Waals surface area (Å²) in [6.45, 7) is 1.70. The maximum atomic E-state index is 11.9. The Morgan fingerprint density at radius 2 is 2.18 bits per heavy atom. The molecule has 0 fully saturated rings. The van der Waals surface area contributed by atoms with Crippen molar-refractivity contribution in [1.29, 1.82) is 0 Å². The minimum absolute atomic E-state index is 0.185. The zero-order valence-corrected chi connectivity index (χ0v) is 10.1. The van der Waals surface area contributed by atoms with E-state index in [1.165, 1.54) is 0 Å². The van der Waals surface area contributed by atoms with Gasteiger partial charge >= 0.3 is 5.97 Å². The highest BCUT2D eigenvalue weighted by atomic mass is 16.4. The van der Waals surface area contributed by atoms with Crippen LogP contribution in [0.5, 0.6) is 0 Å². The second-order valence-electron chi connectivity index (χ2n) is 4.56. The third-order valence-electron chi connectivity index (χ3n) is 3.22. The quantitative estimate of drug-likeness (QED) is 0.785. The maximum absolute atomic E-state index is 11.9. The first-order valence-corrected chi connectivity index (χ1v) is 5.60. The molecule has 5 heteroatoms. The number of carboxylic acid groups (broad SMARTS) is 1. The van der Waals surface area contributed by atoms with Crippen molar-refractivity contribution in [3.63, 3.8) is 0 Å². The van der Waals surface area contributed by atoms with Crippen LogP contribution in [0.1, 0.15) is 16.8 Å². The van der Waals surface area contributed by atoms with E-state index in [4.69, 9.17) is 5.11 Å². The van der Waals surface area contributed by atoms with Crippen molar-refractivity contribution in [2.45, 2.75) is 19.4 Å². The van der Waals surface area contributed by atoms with Crippen molar-refractivity contribution in [2.24, 2.45) is 7.05 Å². The lowest BCUT2D eigenvalue weighted by Crippen LogP contribution is -2.34. The number of pyridine rings is 1. The molecule has 0 saturated heterocycles. The monoisotopic (exact) mass is 236 g/mol. The van der Waals surface area contributed by atoms with Gasteiger partial charge in [-0.1, -0.05) is 0 Å². The van der Waals surface area contributed by atoms with Crippen LogP contribution in [0.3, 0.4) is 0 Å². The average molecular weight is 236 g/mol. The molecule has 0 amide bonds. The summed E-state index contributed by atoms with van der Waals surface area (Å²) in [5.74, 6) is -0.966. The summed E-state index contributed by atoms with van der Waals surface area (Å²) in [5.41, 5.74) is 2.28. The van der Waals surface area contributed by atoms with Crippen LogP contribution < -0.4 is 5.56 Å². The molecule has 1 N–H and O–H groups in total. The zero-order valence-electron chi connectivity index (χ0n) is 10.1. The van der Waals surface area contributed by atoms with Crippen molar-refractivity contribution in [3.05, 3.63) is 33.2 Å². The van der Waals surface area contributed by atoms with Gasteiger partial charge < -0.3 is 14.6 Å². The molecule has 2 heterocycles. The molecule has 2 rings (SSSR count). The zero-order chi connectivity index (χ0) is 12.6. The molecular formula is C12H16N2O3. The van der Waals surface area contributed by atoms with Crippen molar-refractivity contribution >= 4 is 5.97 Å². The second kappa shape index (κ2) is 4.33. The van der Waals surface area contributed by atoms with E-state index in [9.17, 15) is 9.59 Å². The van der Waals surface area contributed by atoms with Gasteiger partial charge in [-0.2, -0.15) is 0 Å². The first-order valence-electron chi connectivity index (χ1n) is 5.60. The van der Waals surface area contributed by atoms with Gasteiger partial charge in [0.05, 0.1) is 6.42 Å². The minimum atomic E-state index is -0.966. The molecule has 0 unspecified atom stereocenters. The Bertz CT molecular complexity index is 519. The van der Waals surface area contributed by atoms with Gasteiger partial charge in [-0.25, -0.2) is 0 Å². The van der Waals surface area contributed by atoms with Gasteiger partial charge in [0.2, 0.25) is 0 Å². The summed E-state index contributed by atoms with van der Waals surface area (Å²) in [5, 5.41) is 8.78. The lowest BCUT2D eigenvalue weighted by Gasteiger charge is -2.27. The number of fused-ring (bicyclic) bond motifs is 1. The fraction of sp³-hybridized carbons (Fsp3) is 0.500. The highest BCUT2D eigenvalue weighted by Gasteiger charge is 2.19. The molecule has 0 atom stereocenters. The minimum Gasteiger partial charge on any atom is -0.481 e. The number of rotatable bonds is 2. The molecule has 17 heavy (non-hydrogen) atoms. The fourth-order valence-corrected chi connectivity index (χ4v) is 2.33. The van der Waals surface area contributed by atoms with Crippen LogP contribution in [-0.2, 0) is 31.2 Å². The van der Waals surface area contributed by atoms with E-state index in [2.05, 4.69) is 4.90 Å². The Balaban J connectivity index is 2.51. The van der Waals surface area contributed by atoms with Gasteiger partial charge in [0.1, 0.15) is 0 Å². The Labute approximate surface area is 99.3 Å². The summed E-state index contributed by atoms with van der Waals surface area (Å²) < 4.78 is 1.60. The maximum Gasteiger partial charge on any atom is 0.308 e. The smallest absolute Gasteiger partial charge is 0.308 e. The van der Waals surface area contributed by atoms with E-state index in [0.29, 0.717) is 5.56 Å². The first-order chi connectivity index (χ1) is 7.99. The van der Waals surface area contributed by atoms with Crippen LogP contribution in [0.2, 0.25) is 0 Å². The molecule has 1 aliphatic rings. The average Bonchev–Trinajstić information content (AvgIpc) is 2.24. The second-order valence-corrected chi connectivity index (χ2v) is 4.56. The van der Waals surface area contributed by atoms with Gasteiger partial charge in [-0.05, 0) is 18.7 Å². The number of nitrogens with zero attached hydrogens (tertiary/aromatic N) is 2. The molecule has 0 spiro atoms. The number of likely N-dealkylation sites (N-methyl/N-ethyl adjacent to an activating group) is 1. The van der Waals surface area contributed by atoms with Crippen molar-refractivity contribution in [1.82, 2.24) is 9.47 Å². The number of carboxylic acids is 1. The first kappa shape index (κ1) is 11.9. The van der Waals surface area contributed by atoms with Gasteiger partial charge in [-0.15, -0.1) is 0 Å². The molecular weight excluding hydrogens is 220 g/mol. The van der Waals surface area contributed by atoms with Crippen LogP contribution in [0.25, 0.3) is 0 Å². The third kappa shape index (κ3) is 2.24. The molecule has 92 valence electrons. The topological polar surface area (TPSA) is 62.5 Å². The number of aliphatic carboxylic acids is 1. The Morgan fingerprint density at radius 1 is 1.47 bits per heavy atom. The third-order valence-corrected chi connectivity index (χ3v) is 3.22. The normalized spacial score (nSPS) is 15.6. The lowest BCUT2D eigenvalue weighted by atomic mass is 10.0. The number of carbonyl (C=O) groups is 1. The molecule has 0 radical (unpaired) electrons. The van der Waals surface area contributed by atoms with Crippen molar-refractivity contribution in [2.75, 3.05) is 13.6 Å². The largest absolute Gasteiger partial charge is 0.481 e. The standard InChI is InChI=1S/C12H16N2O3/c1-13-4-3-10-9(7-13)5-8(6-11(15)16)12(17)14(10)2/h5H,3-4,6-7H2,1-2H3,(H,15,16). The predicted molar refractivity (Wildman–Crippen MR) is 63.1 cm³/mol. The Kier molecular flexibility index (Phi) is 3.02. The summed E-state index contributed by atoms with van der Waals surface area (Å²) in [6, 6.07) is 1.75. The summed E-state index contributed by atoms with van der Waals surface area (Å²) in [7, 11) is 3.74. The van der Waals surface area contributed by atoms with E-state index < -0.39 is 5.97 Å². The molecule has 0 aliphatic carbocycles. The van der Waals surface area contributed by atoms with Gasteiger partial charge in [0.15, 0.2) is 0 Å². The van der Waals surface area contributed by atoms with E-state index in [0.717, 1.165) is 30.8 Å².